The molecule has 2 aliphatic rings. The molecule has 1 saturated heterocycles. The first kappa shape index (κ1) is 20.6. The summed E-state index contributed by atoms with van der Waals surface area (Å²) in [6.45, 7) is 2.43. The second kappa shape index (κ2) is 9.87. The van der Waals surface area contributed by atoms with Crippen LogP contribution in [0.25, 0.3) is 5.57 Å². The van der Waals surface area contributed by atoms with E-state index in [0.717, 1.165) is 68.3 Å². The van der Waals surface area contributed by atoms with Crippen molar-refractivity contribution < 1.29 is 14.3 Å². The largest absolute Gasteiger partial charge is 0.388 e. The summed E-state index contributed by atoms with van der Waals surface area (Å²) in [6, 6.07) is 6.67. The Kier molecular flexibility index (Phi) is 7.26. The van der Waals surface area contributed by atoms with Gasteiger partial charge in [-0.1, -0.05) is 24.3 Å². The fourth-order valence-corrected chi connectivity index (χ4v) is 4.04. The van der Waals surface area contributed by atoms with Gasteiger partial charge in [0.15, 0.2) is 0 Å². The van der Waals surface area contributed by atoms with Crippen LogP contribution in [-0.4, -0.2) is 53.7 Å². The normalized spacial score (nSPS) is 17.9. The second-order valence-corrected chi connectivity index (χ2v) is 7.77. The molecule has 4 nitrogen and oxygen atoms in total. The first-order valence-electron chi connectivity index (χ1n) is 10.4. The van der Waals surface area contributed by atoms with Gasteiger partial charge in [0, 0.05) is 26.7 Å². The minimum absolute atomic E-state index is 0.115. The number of unbranched alkanes of at least 4 members (excludes halogenated alkanes) is 1. The maximum Gasteiger partial charge on any atom is 0.319 e. The fraction of sp³-hybridized carbons (Fsp3) is 0.522. The van der Waals surface area contributed by atoms with E-state index < -0.39 is 6.10 Å². The molecule has 3 rings (SSSR count). The Bertz CT molecular complexity index is 738. The Morgan fingerprint density at radius 3 is 2.71 bits per heavy atom. The van der Waals surface area contributed by atoms with Gasteiger partial charge < -0.3 is 14.9 Å². The second-order valence-electron chi connectivity index (χ2n) is 7.77. The standard InChI is InChI=1S/C23H31FN2O2/c1-25(23(28)26-15-6-7-16-26)14-5-4-13-22(27)21-12-3-2-11-20(21)18-9-8-10-19(24)17-18/h8-12,17,22,27H,2-7,13-16H2,1H3. The third-order valence-corrected chi connectivity index (χ3v) is 5.61. The van der Waals surface area contributed by atoms with Crippen molar-refractivity contribution in [3.63, 3.8) is 0 Å². The number of carbonyl (C=O) groups is 1. The van der Waals surface area contributed by atoms with Gasteiger partial charge in [-0.05, 0) is 73.8 Å². The lowest BCUT2D eigenvalue weighted by atomic mass is 9.87. The monoisotopic (exact) mass is 386 g/mol. The van der Waals surface area contributed by atoms with E-state index in [1.807, 2.05) is 18.0 Å². The zero-order valence-electron chi connectivity index (χ0n) is 16.7. The molecule has 0 saturated carbocycles. The molecule has 1 fully saturated rings. The molecule has 28 heavy (non-hydrogen) atoms. The van der Waals surface area contributed by atoms with Gasteiger partial charge in [0.2, 0.25) is 0 Å². The molecule has 1 aliphatic heterocycles. The van der Waals surface area contributed by atoms with Crippen molar-refractivity contribution in [2.45, 2.75) is 51.0 Å². The van der Waals surface area contributed by atoms with Gasteiger partial charge in [0.25, 0.3) is 0 Å². The van der Waals surface area contributed by atoms with E-state index in [4.69, 9.17) is 0 Å². The highest BCUT2D eigenvalue weighted by Gasteiger charge is 2.22. The smallest absolute Gasteiger partial charge is 0.319 e. The summed E-state index contributed by atoms with van der Waals surface area (Å²) in [7, 11) is 1.85. The van der Waals surface area contributed by atoms with Crippen molar-refractivity contribution in [3.8, 4) is 0 Å². The highest BCUT2D eigenvalue weighted by molar-refractivity contribution is 5.80. The molecule has 1 atom stereocenters. The number of allylic oxidation sites excluding steroid dienone is 2. The molecule has 1 aromatic rings. The molecule has 5 heteroatoms. The van der Waals surface area contributed by atoms with Crippen LogP contribution < -0.4 is 0 Å². The molecule has 0 bridgehead atoms. The Labute approximate surface area is 167 Å². The van der Waals surface area contributed by atoms with Crippen molar-refractivity contribution in [3.05, 3.63) is 53.4 Å². The van der Waals surface area contributed by atoms with E-state index in [-0.39, 0.29) is 11.8 Å². The molecule has 152 valence electrons. The molecular formula is C23H31FN2O2. The van der Waals surface area contributed by atoms with Gasteiger partial charge in [-0.25, -0.2) is 9.18 Å². The molecule has 1 aromatic carbocycles. The topological polar surface area (TPSA) is 43.8 Å². The average Bonchev–Trinajstić information content (AvgIpc) is 3.25. The van der Waals surface area contributed by atoms with Crippen LogP contribution >= 0.6 is 0 Å². The van der Waals surface area contributed by atoms with Crippen molar-refractivity contribution in [1.29, 1.82) is 0 Å². The van der Waals surface area contributed by atoms with Crippen LogP contribution in [0.2, 0.25) is 0 Å². The van der Waals surface area contributed by atoms with Gasteiger partial charge in [0.05, 0.1) is 6.10 Å². The lowest BCUT2D eigenvalue weighted by Crippen LogP contribution is -2.39. The first-order valence-corrected chi connectivity index (χ1v) is 10.4. The number of hydrogen-bond donors (Lipinski definition) is 1. The van der Waals surface area contributed by atoms with E-state index >= 15 is 0 Å². The molecule has 0 radical (unpaired) electrons. The molecule has 2 amide bonds. The van der Waals surface area contributed by atoms with Gasteiger partial charge in [-0.15, -0.1) is 0 Å². The van der Waals surface area contributed by atoms with E-state index in [1.54, 1.807) is 11.0 Å². The number of benzene rings is 1. The highest BCUT2D eigenvalue weighted by Crippen LogP contribution is 2.32. The Hall–Kier alpha value is -2.14. The molecule has 1 heterocycles. The molecule has 0 spiro atoms. The zero-order chi connectivity index (χ0) is 19.9. The minimum Gasteiger partial charge on any atom is -0.388 e. The van der Waals surface area contributed by atoms with E-state index in [0.29, 0.717) is 13.0 Å². The number of aliphatic hydroxyl groups excluding tert-OH is 1. The predicted molar refractivity (Wildman–Crippen MR) is 110 cm³/mol. The number of aliphatic hydroxyl groups is 1. The van der Waals surface area contributed by atoms with Crippen LogP contribution in [0.5, 0.6) is 0 Å². The third kappa shape index (κ3) is 5.22. The van der Waals surface area contributed by atoms with Gasteiger partial charge in [-0.2, -0.15) is 0 Å². The van der Waals surface area contributed by atoms with Crippen LogP contribution in [0.3, 0.4) is 0 Å². The molecule has 1 aliphatic carbocycles. The number of nitrogens with zero attached hydrogens (tertiary/aromatic N) is 2. The van der Waals surface area contributed by atoms with Gasteiger partial charge in [0.1, 0.15) is 5.82 Å². The van der Waals surface area contributed by atoms with Crippen LogP contribution in [0.4, 0.5) is 9.18 Å². The average molecular weight is 387 g/mol. The molecule has 1 unspecified atom stereocenters. The van der Waals surface area contributed by atoms with Crippen LogP contribution in [-0.2, 0) is 0 Å². The molecular weight excluding hydrogens is 355 g/mol. The summed E-state index contributed by atoms with van der Waals surface area (Å²) in [5.41, 5.74) is 2.67. The predicted octanol–water partition coefficient (Wildman–Crippen LogP) is 4.61. The fourth-order valence-electron chi connectivity index (χ4n) is 4.04. The van der Waals surface area contributed by atoms with Crippen molar-refractivity contribution in [2.24, 2.45) is 0 Å². The summed E-state index contributed by atoms with van der Waals surface area (Å²) in [6.07, 6.45) is 9.96. The number of likely N-dealkylation sites (tertiary alicyclic amines) is 1. The van der Waals surface area contributed by atoms with Crippen molar-refractivity contribution >= 4 is 11.6 Å². The summed E-state index contributed by atoms with van der Waals surface area (Å²) in [4.78, 5) is 16.0. The Morgan fingerprint density at radius 1 is 1.21 bits per heavy atom. The Morgan fingerprint density at radius 2 is 1.96 bits per heavy atom. The SMILES string of the molecule is CN(CCCCC(O)C1=CCCC=C1c1cccc(F)c1)C(=O)N1CCCC1. The minimum atomic E-state index is -0.561. The van der Waals surface area contributed by atoms with Crippen molar-refractivity contribution in [2.75, 3.05) is 26.7 Å². The maximum atomic E-state index is 13.6. The number of rotatable bonds is 7. The summed E-state index contributed by atoms with van der Waals surface area (Å²) in [5.74, 6) is -0.261. The first-order chi connectivity index (χ1) is 13.6. The number of urea groups is 1. The zero-order valence-corrected chi connectivity index (χ0v) is 16.7. The van der Waals surface area contributed by atoms with Crippen LogP contribution in [0, 0.1) is 5.82 Å². The summed E-state index contributed by atoms with van der Waals surface area (Å²) in [5, 5.41) is 10.7. The van der Waals surface area contributed by atoms with Gasteiger partial charge in [-0.3, -0.25) is 0 Å². The van der Waals surface area contributed by atoms with Crippen LogP contribution in [0.1, 0.15) is 50.5 Å². The third-order valence-electron chi connectivity index (χ3n) is 5.61. The number of halogens is 1. The van der Waals surface area contributed by atoms with E-state index in [2.05, 4.69) is 12.2 Å². The number of amides is 2. The molecule has 1 N–H and O–H groups in total. The van der Waals surface area contributed by atoms with Crippen LogP contribution in [0.15, 0.2) is 42.0 Å². The molecule has 0 aromatic heterocycles. The lowest BCUT2D eigenvalue weighted by Gasteiger charge is -2.25. The quantitative estimate of drug-likeness (QED) is 0.696. The maximum absolute atomic E-state index is 13.6. The highest BCUT2D eigenvalue weighted by atomic mass is 19.1. The lowest BCUT2D eigenvalue weighted by molar-refractivity contribution is 0.170. The number of hydrogen-bond acceptors (Lipinski definition) is 2. The van der Waals surface area contributed by atoms with Crippen molar-refractivity contribution in [1.82, 2.24) is 9.80 Å². The van der Waals surface area contributed by atoms with E-state index in [1.165, 1.54) is 12.1 Å². The summed E-state index contributed by atoms with van der Waals surface area (Å²) < 4.78 is 13.6. The Balaban J connectivity index is 1.48. The van der Waals surface area contributed by atoms with E-state index in [9.17, 15) is 14.3 Å². The van der Waals surface area contributed by atoms with Gasteiger partial charge >= 0.3 is 6.03 Å². The number of carbonyl (C=O) groups excluding carboxylic acids is 1. The summed E-state index contributed by atoms with van der Waals surface area (Å²) >= 11 is 0.